The summed E-state index contributed by atoms with van der Waals surface area (Å²) >= 11 is 0. The summed E-state index contributed by atoms with van der Waals surface area (Å²) in [6.45, 7) is 1.79. The van der Waals surface area contributed by atoms with Gasteiger partial charge in [-0.1, -0.05) is 5.57 Å². The zero-order chi connectivity index (χ0) is 21.2. The number of rotatable bonds is 5. The highest BCUT2D eigenvalue weighted by atomic mass is 19.4. The van der Waals surface area contributed by atoms with Crippen LogP contribution in [0, 0.1) is 5.82 Å². The second kappa shape index (κ2) is 8.23. The molecular weight excluding hydrogens is 390 g/mol. The van der Waals surface area contributed by atoms with Crippen molar-refractivity contribution < 1.29 is 27.1 Å². The molecule has 0 amide bonds. The van der Waals surface area contributed by atoms with Gasteiger partial charge < -0.3 is 9.72 Å². The van der Waals surface area contributed by atoms with Crippen molar-refractivity contribution in [1.82, 2.24) is 4.98 Å². The number of nitrogens with one attached hydrogen (secondary N) is 1. The van der Waals surface area contributed by atoms with Crippen molar-refractivity contribution in [1.29, 1.82) is 0 Å². The Morgan fingerprint density at radius 1 is 1.17 bits per heavy atom. The maximum atomic E-state index is 14.1. The molecule has 0 atom stereocenters. The first-order valence-corrected chi connectivity index (χ1v) is 9.17. The molecule has 1 N–H and O–H groups in total. The second-order valence-electron chi connectivity index (χ2n) is 6.80. The molecule has 0 saturated carbocycles. The fraction of sp³-hybridized carbons (Fsp3) is 0.333. The molecule has 0 spiro atoms. The van der Waals surface area contributed by atoms with Crippen molar-refractivity contribution in [2.24, 2.45) is 0 Å². The van der Waals surface area contributed by atoms with Crippen molar-refractivity contribution in [3.8, 4) is 0 Å². The summed E-state index contributed by atoms with van der Waals surface area (Å²) in [5.74, 6) is -1.26. The maximum Gasteiger partial charge on any atom is 0.417 e. The average Bonchev–Trinajstić information content (AvgIpc) is 3.10. The van der Waals surface area contributed by atoms with Crippen LogP contribution in [0.4, 0.5) is 17.6 Å². The molecule has 1 aliphatic carbocycles. The van der Waals surface area contributed by atoms with Crippen LogP contribution < -0.4 is 5.56 Å². The molecule has 8 heteroatoms. The molecule has 1 aliphatic rings. The predicted molar refractivity (Wildman–Crippen MR) is 98.9 cm³/mol. The lowest BCUT2D eigenvalue weighted by Gasteiger charge is -2.12. The number of carbonyl (C=O) groups is 1. The van der Waals surface area contributed by atoms with E-state index in [-0.39, 0.29) is 24.2 Å². The Balaban J connectivity index is 1.99. The lowest BCUT2D eigenvalue weighted by Crippen LogP contribution is -2.17. The van der Waals surface area contributed by atoms with E-state index in [2.05, 4.69) is 4.98 Å². The second-order valence-corrected chi connectivity index (χ2v) is 6.80. The molecule has 3 rings (SSSR count). The zero-order valence-electron chi connectivity index (χ0n) is 15.7. The first-order chi connectivity index (χ1) is 13.7. The number of hydrogen-bond acceptors (Lipinski definition) is 3. The van der Waals surface area contributed by atoms with Crippen molar-refractivity contribution in [2.75, 3.05) is 6.61 Å². The number of hydrogen-bond donors (Lipinski definition) is 1. The van der Waals surface area contributed by atoms with Gasteiger partial charge in [-0.25, -0.2) is 9.18 Å². The highest BCUT2D eigenvalue weighted by Crippen LogP contribution is 2.36. The molecule has 0 bridgehead atoms. The van der Waals surface area contributed by atoms with Gasteiger partial charge in [0.1, 0.15) is 5.82 Å². The van der Waals surface area contributed by atoms with Crippen molar-refractivity contribution in [2.45, 2.75) is 38.8 Å². The Morgan fingerprint density at radius 2 is 1.93 bits per heavy atom. The summed E-state index contributed by atoms with van der Waals surface area (Å²) in [5, 5.41) is 0. The molecule has 1 aromatic heterocycles. The summed E-state index contributed by atoms with van der Waals surface area (Å²) in [5.41, 5.74) is 0.519. The molecular formula is C21H19F4NO3. The normalized spacial score (nSPS) is 14.4. The zero-order valence-corrected chi connectivity index (χ0v) is 15.7. The molecule has 0 fully saturated rings. The van der Waals surface area contributed by atoms with E-state index in [0.29, 0.717) is 24.6 Å². The highest BCUT2D eigenvalue weighted by Gasteiger charge is 2.31. The Morgan fingerprint density at radius 3 is 2.62 bits per heavy atom. The van der Waals surface area contributed by atoms with Crippen LogP contribution in [-0.4, -0.2) is 17.6 Å². The number of esters is 1. The van der Waals surface area contributed by atoms with Crippen molar-refractivity contribution in [3.05, 3.63) is 74.5 Å². The molecule has 0 radical (unpaired) electrons. The number of ether oxygens (including phenoxy) is 1. The van der Waals surface area contributed by atoms with Gasteiger partial charge in [0.25, 0.3) is 5.56 Å². The van der Waals surface area contributed by atoms with Crippen LogP contribution in [0.1, 0.15) is 53.2 Å². The van der Waals surface area contributed by atoms with Gasteiger partial charge in [-0.15, -0.1) is 0 Å². The van der Waals surface area contributed by atoms with Crippen LogP contribution in [0.2, 0.25) is 0 Å². The van der Waals surface area contributed by atoms with E-state index in [4.69, 9.17) is 4.74 Å². The minimum Gasteiger partial charge on any atom is -0.462 e. The topological polar surface area (TPSA) is 59.2 Å². The molecule has 4 nitrogen and oxygen atoms in total. The third kappa shape index (κ3) is 4.75. The number of pyridine rings is 1. The van der Waals surface area contributed by atoms with E-state index in [0.717, 1.165) is 29.7 Å². The minimum atomic E-state index is -4.57. The van der Waals surface area contributed by atoms with E-state index in [1.807, 2.05) is 0 Å². The Labute approximate surface area is 164 Å². The Hall–Kier alpha value is -2.90. The van der Waals surface area contributed by atoms with E-state index in [1.165, 1.54) is 12.1 Å². The Kier molecular flexibility index (Phi) is 5.91. The van der Waals surface area contributed by atoms with E-state index in [9.17, 15) is 27.2 Å². The summed E-state index contributed by atoms with van der Waals surface area (Å²) < 4.78 is 57.9. The fourth-order valence-corrected chi connectivity index (χ4v) is 3.50. The average molecular weight is 409 g/mol. The minimum absolute atomic E-state index is 0.00348. The van der Waals surface area contributed by atoms with Crippen molar-refractivity contribution >= 4 is 11.5 Å². The van der Waals surface area contributed by atoms with Crippen LogP contribution in [0.15, 0.2) is 40.8 Å². The number of alkyl halides is 3. The number of aromatic nitrogens is 1. The van der Waals surface area contributed by atoms with E-state index >= 15 is 0 Å². The molecule has 0 aliphatic heterocycles. The predicted octanol–water partition coefficient (Wildman–Crippen LogP) is 4.89. The molecule has 29 heavy (non-hydrogen) atoms. The number of aromatic amines is 1. The fourth-order valence-electron chi connectivity index (χ4n) is 3.50. The van der Waals surface area contributed by atoms with Gasteiger partial charge in [-0.3, -0.25) is 4.79 Å². The summed E-state index contributed by atoms with van der Waals surface area (Å²) in [6.07, 6.45) is -2.00. The van der Waals surface area contributed by atoms with Crippen LogP contribution in [0.5, 0.6) is 0 Å². The summed E-state index contributed by atoms with van der Waals surface area (Å²) in [7, 11) is 0. The van der Waals surface area contributed by atoms with Gasteiger partial charge in [0, 0.05) is 11.8 Å². The van der Waals surface area contributed by atoms with Crippen LogP contribution in [-0.2, 0) is 17.3 Å². The first-order valence-electron chi connectivity index (χ1n) is 9.17. The monoisotopic (exact) mass is 409 g/mol. The van der Waals surface area contributed by atoms with Gasteiger partial charge in [-0.05, 0) is 68.0 Å². The van der Waals surface area contributed by atoms with Crippen LogP contribution in [0.3, 0.4) is 0 Å². The number of benzene rings is 1. The van der Waals surface area contributed by atoms with Crippen LogP contribution in [0.25, 0.3) is 5.57 Å². The third-order valence-electron chi connectivity index (χ3n) is 4.80. The van der Waals surface area contributed by atoms with E-state index < -0.39 is 29.1 Å². The van der Waals surface area contributed by atoms with Crippen LogP contribution >= 0.6 is 0 Å². The smallest absolute Gasteiger partial charge is 0.417 e. The highest BCUT2D eigenvalue weighted by molar-refractivity contribution is 5.91. The molecule has 154 valence electrons. The van der Waals surface area contributed by atoms with Gasteiger partial charge >= 0.3 is 12.1 Å². The summed E-state index contributed by atoms with van der Waals surface area (Å²) in [4.78, 5) is 26.1. The van der Waals surface area contributed by atoms with Crippen molar-refractivity contribution in [3.63, 3.8) is 0 Å². The quantitative estimate of drug-likeness (QED) is 0.565. The largest absolute Gasteiger partial charge is 0.462 e. The number of allylic oxidation sites excluding steroid dienone is 2. The molecule has 1 aromatic carbocycles. The number of halogens is 4. The molecule has 2 aromatic rings. The lowest BCUT2D eigenvalue weighted by atomic mass is 9.96. The SMILES string of the molecule is CCOC(=O)c1cc(F)cc(C2=C(Cc3cc(C(F)(F)F)c[nH]c3=O)CCC2)c1. The van der Waals surface area contributed by atoms with E-state index in [1.54, 1.807) is 6.92 Å². The van der Waals surface area contributed by atoms with Gasteiger partial charge in [0.2, 0.25) is 0 Å². The molecule has 0 unspecified atom stereocenters. The Bertz CT molecular complexity index is 1020. The number of carbonyl (C=O) groups excluding carboxylic acids is 1. The maximum absolute atomic E-state index is 14.1. The molecule has 0 saturated heterocycles. The van der Waals surface area contributed by atoms with Gasteiger partial charge in [0.15, 0.2) is 0 Å². The summed E-state index contributed by atoms with van der Waals surface area (Å²) in [6, 6.07) is 4.71. The molecule has 1 heterocycles. The standard InChI is InChI=1S/C21H19F4NO3/c1-2-29-20(28)15-7-13(9-17(22)10-15)18-5-3-4-12(18)6-14-8-16(21(23,24)25)11-26-19(14)27/h7-11H,2-6H2,1H3,(H,26,27). The third-order valence-corrected chi connectivity index (χ3v) is 4.80. The van der Waals surface area contributed by atoms with Gasteiger partial charge in [0.05, 0.1) is 17.7 Å². The first kappa shape index (κ1) is 20.8. The number of H-pyrrole nitrogens is 1. The lowest BCUT2D eigenvalue weighted by molar-refractivity contribution is -0.137. The van der Waals surface area contributed by atoms with Gasteiger partial charge in [-0.2, -0.15) is 13.2 Å².